The number of anilines is 1. The minimum atomic E-state index is -1.55. The van der Waals surface area contributed by atoms with E-state index in [9.17, 15) is 9.59 Å². The number of nitrogens with one attached hydrogen (secondary N) is 1. The molecule has 0 aliphatic carbocycles. The minimum Gasteiger partial charge on any atom is -0.480 e. The number of carboxylic acids is 1. The first-order valence-electron chi connectivity index (χ1n) is 5.35. The van der Waals surface area contributed by atoms with E-state index in [0.29, 0.717) is 11.3 Å². The lowest BCUT2D eigenvalue weighted by Gasteiger charge is -2.19. The lowest BCUT2D eigenvalue weighted by atomic mass is 9.92. The van der Waals surface area contributed by atoms with E-state index in [1.807, 2.05) is 6.07 Å². The second kappa shape index (κ2) is 4.88. The summed E-state index contributed by atoms with van der Waals surface area (Å²) >= 11 is 0. The molecular formula is C13H14N2O3. The van der Waals surface area contributed by atoms with Crippen LogP contribution in [0.4, 0.5) is 5.69 Å². The predicted octanol–water partition coefficient (Wildman–Crippen LogP) is 1.92. The molecule has 0 aliphatic heterocycles. The number of rotatable bonds is 3. The van der Waals surface area contributed by atoms with Gasteiger partial charge in [0.25, 0.3) is 0 Å². The zero-order valence-electron chi connectivity index (χ0n) is 10.4. The molecule has 1 amide bonds. The van der Waals surface area contributed by atoms with Crippen LogP contribution < -0.4 is 5.32 Å². The number of benzene rings is 1. The normalized spacial score (nSPS) is 10.6. The van der Waals surface area contributed by atoms with Crippen molar-refractivity contribution in [2.24, 2.45) is 5.41 Å². The predicted molar refractivity (Wildman–Crippen MR) is 65.9 cm³/mol. The number of aliphatic carboxylic acids is 1. The number of hydrogen-bond donors (Lipinski definition) is 2. The van der Waals surface area contributed by atoms with Crippen LogP contribution in [-0.2, 0) is 9.59 Å². The molecule has 1 aromatic rings. The van der Waals surface area contributed by atoms with E-state index in [-0.39, 0.29) is 0 Å². The summed E-state index contributed by atoms with van der Waals surface area (Å²) in [6.07, 6.45) is 0. The monoisotopic (exact) mass is 246 g/mol. The van der Waals surface area contributed by atoms with Gasteiger partial charge < -0.3 is 10.4 Å². The first kappa shape index (κ1) is 13.7. The zero-order valence-corrected chi connectivity index (χ0v) is 10.4. The molecule has 5 heteroatoms. The average molecular weight is 246 g/mol. The number of amides is 1. The van der Waals surface area contributed by atoms with E-state index in [4.69, 9.17) is 10.4 Å². The molecule has 0 heterocycles. The summed E-state index contributed by atoms with van der Waals surface area (Å²) < 4.78 is 0. The van der Waals surface area contributed by atoms with E-state index < -0.39 is 17.3 Å². The Morgan fingerprint density at radius 3 is 2.50 bits per heavy atom. The molecule has 0 aromatic heterocycles. The molecule has 18 heavy (non-hydrogen) atoms. The molecular weight excluding hydrogens is 232 g/mol. The number of carbonyl (C=O) groups is 2. The molecule has 2 N–H and O–H groups in total. The number of hydrogen-bond acceptors (Lipinski definition) is 3. The van der Waals surface area contributed by atoms with Crippen LogP contribution in [0.5, 0.6) is 0 Å². The van der Waals surface area contributed by atoms with Crippen molar-refractivity contribution in [1.29, 1.82) is 5.26 Å². The number of nitrogens with zero attached hydrogens (tertiary/aromatic N) is 1. The van der Waals surface area contributed by atoms with Gasteiger partial charge in [0.2, 0.25) is 5.91 Å². The van der Waals surface area contributed by atoms with Gasteiger partial charge in [-0.3, -0.25) is 9.59 Å². The first-order valence-corrected chi connectivity index (χ1v) is 5.35. The van der Waals surface area contributed by atoms with Gasteiger partial charge in [-0.1, -0.05) is 12.1 Å². The fourth-order valence-corrected chi connectivity index (χ4v) is 1.30. The van der Waals surface area contributed by atoms with Gasteiger partial charge in [0.15, 0.2) is 0 Å². The highest BCUT2D eigenvalue weighted by Crippen LogP contribution is 2.22. The third kappa shape index (κ3) is 2.48. The number of nitriles is 1. The van der Waals surface area contributed by atoms with Crippen LogP contribution in [0.3, 0.4) is 0 Å². The Balaban J connectivity index is 3.08. The first-order chi connectivity index (χ1) is 8.30. The van der Waals surface area contributed by atoms with E-state index in [0.717, 1.165) is 5.56 Å². The van der Waals surface area contributed by atoms with Crippen LogP contribution in [0.15, 0.2) is 18.2 Å². The van der Waals surface area contributed by atoms with Crippen molar-refractivity contribution in [3.05, 3.63) is 29.3 Å². The summed E-state index contributed by atoms with van der Waals surface area (Å²) in [6.45, 7) is 4.37. The minimum absolute atomic E-state index is 0.330. The Kier molecular flexibility index (Phi) is 3.72. The summed E-state index contributed by atoms with van der Waals surface area (Å²) in [5.74, 6) is -1.87. The zero-order chi connectivity index (χ0) is 13.9. The van der Waals surface area contributed by atoms with Gasteiger partial charge in [0.1, 0.15) is 11.5 Å². The van der Waals surface area contributed by atoms with Crippen molar-refractivity contribution >= 4 is 17.6 Å². The SMILES string of the molecule is Cc1cccc(NC(=O)C(C)(C)C(=O)O)c1C#N. The Hall–Kier alpha value is -2.35. The molecule has 0 bridgehead atoms. The molecule has 0 unspecified atom stereocenters. The van der Waals surface area contributed by atoms with E-state index in [1.54, 1.807) is 25.1 Å². The second-order valence-electron chi connectivity index (χ2n) is 4.49. The van der Waals surface area contributed by atoms with Crippen molar-refractivity contribution in [3.63, 3.8) is 0 Å². The third-order valence-electron chi connectivity index (χ3n) is 2.74. The van der Waals surface area contributed by atoms with Crippen LogP contribution in [0, 0.1) is 23.7 Å². The Bertz CT molecular complexity index is 542. The molecule has 1 aromatic carbocycles. The van der Waals surface area contributed by atoms with Crippen LogP contribution in [0.1, 0.15) is 25.0 Å². The average Bonchev–Trinajstić information content (AvgIpc) is 2.29. The molecule has 1 rings (SSSR count). The molecule has 5 nitrogen and oxygen atoms in total. The van der Waals surface area contributed by atoms with Gasteiger partial charge in [-0.15, -0.1) is 0 Å². The molecule has 0 radical (unpaired) electrons. The van der Waals surface area contributed by atoms with Gasteiger partial charge in [-0.05, 0) is 32.4 Å². The summed E-state index contributed by atoms with van der Waals surface area (Å²) in [7, 11) is 0. The number of aryl methyl sites for hydroxylation is 1. The van der Waals surface area contributed by atoms with Crippen LogP contribution in [0.25, 0.3) is 0 Å². The van der Waals surface area contributed by atoms with E-state index in [2.05, 4.69) is 5.32 Å². The maximum Gasteiger partial charge on any atom is 0.318 e. The highest BCUT2D eigenvalue weighted by atomic mass is 16.4. The lowest BCUT2D eigenvalue weighted by Crippen LogP contribution is -2.38. The second-order valence-corrected chi connectivity index (χ2v) is 4.49. The van der Waals surface area contributed by atoms with Gasteiger partial charge in [-0.2, -0.15) is 5.26 Å². The highest BCUT2D eigenvalue weighted by molar-refractivity contribution is 6.08. The van der Waals surface area contributed by atoms with Crippen LogP contribution in [-0.4, -0.2) is 17.0 Å². The molecule has 0 saturated heterocycles. The van der Waals surface area contributed by atoms with Crippen molar-refractivity contribution in [1.82, 2.24) is 0 Å². The summed E-state index contributed by atoms with van der Waals surface area (Å²) in [5.41, 5.74) is -0.150. The Labute approximate surface area is 105 Å². The largest absolute Gasteiger partial charge is 0.480 e. The fourth-order valence-electron chi connectivity index (χ4n) is 1.30. The van der Waals surface area contributed by atoms with Crippen molar-refractivity contribution < 1.29 is 14.7 Å². The van der Waals surface area contributed by atoms with Gasteiger partial charge in [-0.25, -0.2) is 0 Å². The van der Waals surface area contributed by atoms with Gasteiger partial charge in [0, 0.05) is 0 Å². The Morgan fingerprint density at radius 2 is 2.00 bits per heavy atom. The molecule has 0 spiro atoms. The maximum atomic E-state index is 11.9. The standard InChI is InChI=1S/C13H14N2O3/c1-8-5-4-6-10(9(8)7-14)15-11(16)13(2,3)12(17)18/h4-6H,1-3H3,(H,15,16)(H,17,18). The summed E-state index contributed by atoms with van der Waals surface area (Å²) in [5, 5.41) is 20.4. The van der Waals surface area contributed by atoms with Crippen LogP contribution in [0.2, 0.25) is 0 Å². The van der Waals surface area contributed by atoms with Crippen molar-refractivity contribution in [3.8, 4) is 6.07 Å². The molecule has 0 saturated carbocycles. The number of carbonyl (C=O) groups excluding carboxylic acids is 1. The summed E-state index contributed by atoms with van der Waals surface area (Å²) in [6, 6.07) is 7.00. The Morgan fingerprint density at radius 1 is 1.39 bits per heavy atom. The fraction of sp³-hybridized carbons (Fsp3) is 0.308. The molecule has 0 fully saturated rings. The lowest BCUT2D eigenvalue weighted by molar-refractivity contribution is -0.151. The van der Waals surface area contributed by atoms with E-state index >= 15 is 0 Å². The quantitative estimate of drug-likeness (QED) is 0.797. The summed E-state index contributed by atoms with van der Waals surface area (Å²) in [4.78, 5) is 22.8. The number of carboxylic acid groups (broad SMARTS) is 1. The smallest absolute Gasteiger partial charge is 0.318 e. The molecule has 94 valence electrons. The van der Waals surface area contributed by atoms with E-state index in [1.165, 1.54) is 13.8 Å². The van der Waals surface area contributed by atoms with Crippen molar-refractivity contribution in [2.45, 2.75) is 20.8 Å². The van der Waals surface area contributed by atoms with Gasteiger partial charge in [0.05, 0.1) is 11.3 Å². The van der Waals surface area contributed by atoms with Crippen molar-refractivity contribution in [2.75, 3.05) is 5.32 Å². The van der Waals surface area contributed by atoms with Crippen LogP contribution >= 0.6 is 0 Å². The molecule has 0 aliphatic rings. The van der Waals surface area contributed by atoms with Gasteiger partial charge >= 0.3 is 5.97 Å². The highest BCUT2D eigenvalue weighted by Gasteiger charge is 2.36. The third-order valence-corrected chi connectivity index (χ3v) is 2.74. The molecule has 0 atom stereocenters. The maximum absolute atomic E-state index is 11.9. The topological polar surface area (TPSA) is 90.2 Å².